The number of carbonyl (C=O) groups excluding carboxylic acids is 1. The van der Waals surface area contributed by atoms with Crippen molar-refractivity contribution in [2.24, 2.45) is 0 Å². The Kier molecular flexibility index (Phi) is 3.59. The number of aldehydes is 1. The molecule has 5 heteroatoms. The van der Waals surface area contributed by atoms with Gasteiger partial charge in [0.25, 0.3) is 0 Å². The number of halogens is 3. The molecule has 18 heavy (non-hydrogen) atoms. The molecule has 0 fully saturated rings. The van der Waals surface area contributed by atoms with Gasteiger partial charge in [0.1, 0.15) is 12.0 Å². The summed E-state index contributed by atoms with van der Waals surface area (Å²) in [6, 6.07) is 4.79. The summed E-state index contributed by atoms with van der Waals surface area (Å²) in [6.45, 7) is -1.29. The lowest BCUT2D eigenvalue weighted by Gasteiger charge is -2.22. The number of hydrogen-bond donors (Lipinski definition) is 0. The largest absolute Gasteiger partial charge is 0.484 e. The van der Waals surface area contributed by atoms with E-state index in [-0.39, 0.29) is 11.7 Å². The molecule has 1 aromatic rings. The lowest BCUT2D eigenvalue weighted by Crippen LogP contribution is -2.19. The second-order valence-electron chi connectivity index (χ2n) is 4.40. The van der Waals surface area contributed by atoms with Crippen molar-refractivity contribution < 1.29 is 22.7 Å². The molecule has 2 nitrogen and oxygen atoms in total. The maximum atomic E-state index is 12.0. The van der Waals surface area contributed by atoms with E-state index < -0.39 is 12.8 Å². The van der Waals surface area contributed by atoms with Gasteiger partial charge in [-0.05, 0) is 42.5 Å². The zero-order valence-electron chi connectivity index (χ0n) is 9.67. The smallest absolute Gasteiger partial charge is 0.422 e. The highest BCUT2D eigenvalue weighted by atomic mass is 19.4. The van der Waals surface area contributed by atoms with Gasteiger partial charge < -0.3 is 9.53 Å². The van der Waals surface area contributed by atoms with Crippen LogP contribution in [0.3, 0.4) is 0 Å². The molecule has 1 aliphatic carbocycles. The van der Waals surface area contributed by atoms with Crippen molar-refractivity contribution in [2.45, 2.75) is 31.4 Å². The van der Waals surface area contributed by atoms with E-state index in [4.69, 9.17) is 4.74 Å². The zero-order chi connectivity index (χ0) is 13.2. The van der Waals surface area contributed by atoms with Crippen molar-refractivity contribution in [3.63, 3.8) is 0 Å². The van der Waals surface area contributed by atoms with Gasteiger partial charge in [-0.25, -0.2) is 0 Å². The minimum absolute atomic E-state index is 0.134. The zero-order valence-corrected chi connectivity index (χ0v) is 9.67. The van der Waals surface area contributed by atoms with Crippen molar-refractivity contribution in [3.05, 3.63) is 29.3 Å². The van der Waals surface area contributed by atoms with Crippen molar-refractivity contribution in [3.8, 4) is 5.75 Å². The Bertz CT molecular complexity index is 440. The van der Waals surface area contributed by atoms with Gasteiger partial charge in [0.05, 0.1) is 0 Å². The normalized spacial score (nSPS) is 19.2. The first-order chi connectivity index (χ1) is 8.49. The van der Waals surface area contributed by atoms with Crippen LogP contribution in [0.5, 0.6) is 5.75 Å². The van der Waals surface area contributed by atoms with Crippen LogP contribution in [0, 0.1) is 0 Å². The second-order valence-corrected chi connectivity index (χ2v) is 4.40. The Morgan fingerprint density at radius 1 is 1.39 bits per heavy atom. The Morgan fingerprint density at radius 2 is 2.17 bits per heavy atom. The molecule has 0 saturated carbocycles. The van der Waals surface area contributed by atoms with Gasteiger partial charge in [-0.2, -0.15) is 13.2 Å². The number of hydrogen-bond acceptors (Lipinski definition) is 2. The van der Waals surface area contributed by atoms with Crippen LogP contribution < -0.4 is 4.74 Å². The van der Waals surface area contributed by atoms with E-state index in [9.17, 15) is 18.0 Å². The number of alkyl halides is 3. The Balaban J connectivity index is 2.14. The molecule has 0 heterocycles. The van der Waals surface area contributed by atoms with Crippen LogP contribution in [-0.4, -0.2) is 19.1 Å². The Hall–Kier alpha value is -1.52. The topological polar surface area (TPSA) is 26.3 Å². The first-order valence-electron chi connectivity index (χ1n) is 5.77. The first kappa shape index (κ1) is 12.9. The van der Waals surface area contributed by atoms with Gasteiger partial charge in [-0.3, -0.25) is 0 Å². The van der Waals surface area contributed by atoms with Crippen molar-refractivity contribution >= 4 is 6.29 Å². The van der Waals surface area contributed by atoms with Crippen LogP contribution in [0.25, 0.3) is 0 Å². The molecule has 0 radical (unpaired) electrons. The second kappa shape index (κ2) is 5.00. The fourth-order valence-corrected chi connectivity index (χ4v) is 2.22. The van der Waals surface area contributed by atoms with Crippen molar-refractivity contribution in [1.82, 2.24) is 0 Å². The van der Waals surface area contributed by atoms with Gasteiger partial charge in [0.2, 0.25) is 0 Å². The lowest BCUT2D eigenvalue weighted by atomic mass is 9.83. The van der Waals surface area contributed by atoms with Crippen LogP contribution in [0.1, 0.15) is 29.9 Å². The molecule has 0 saturated heterocycles. The molecule has 98 valence electrons. The van der Waals surface area contributed by atoms with Gasteiger partial charge in [0.15, 0.2) is 6.61 Å². The molecule has 1 atom stereocenters. The summed E-state index contributed by atoms with van der Waals surface area (Å²) >= 11 is 0. The van der Waals surface area contributed by atoms with E-state index in [0.29, 0.717) is 0 Å². The SMILES string of the molecule is O=CC1CCCc2cc(OCC(F)(F)F)ccc21. The predicted molar refractivity (Wildman–Crippen MR) is 59.7 cm³/mol. The lowest BCUT2D eigenvalue weighted by molar-refractivity contribution is -0.153. The quantitative estimate of drug-likeness (QED) is 0.778. The van der Waals surface area contributed by atoms with E-state index in [1.165, 1.54) is 6.07 Å². The maximum Gasteiger partial charge on any atom is 0.422 e. The standard InChI is InChI=1S/C13H13F3O2/c14-13(15,16)8-18-11-4-5-12-9(6-11)2-1-3-10(12)7-17/h4-7,10H,1-3,8H2. The van der Waals surface area contributed by atoms with Gasteiger partial charge in [-0.1, -0.05) is 6.07 Å². The summed E-state index contributed by atoms with van der Waals surface area (Å²) < 4.78 is 40.8. The molecule has 1 unspecified atom stereocenters. The molecular weight excluding hydrogens is 245 g/mol. The highest BCUT2D eigenvalue weighted by Gasteiger charge is 2.28. The average molecular weight is 258 g/mol. The molecule has 1 aromatic carbocycles. The van der Waals surface area contributed by atoms with E-state index in [1.54, 1.807) is 12.1 Å². The third kappa shape index (κ3) is 3.03. The molecule has 0 aromatic heterocycles. The van der Waals surface area contributed by atoms with Crippen LogP contribution in [0.2, 0.25) is 0 Å². The molecule has 0 aliphatic heterocycles. The third-order valence-corrected chi connectivity index (χ3v) is 3.04. The van der Waals surface area contributed by atoms with E-state index in [2.05, 4.69) is 0 Å². The van der Waals surface area contributed by atoms with Crippen LogP contribution in [0.4, 0.5) is 13.2 Å². The summed E-state index contributed by atoms with van der Waals surface area (Å²) in [7, 11) is 0. The minimum atomic E-state index is -4.33. The minimum Gasteiger partial charge on any atom is -0.484 e. The number of aryl methyl sites for hydroxylation is 1. The van der Waals surface area contributed by atoms with Crippen LogP contribution in [-0.2, 0) is 11.2 Å². The van der Waals surface area contributed by atoms with Crippen molar-refractivity contribution in [2.75, 3.05) is 6.61 Å². The summed E-state index contributed by atoms with van der Waals surface area (Å²) in [5, 5.41) is 0. The van der Waals surface area contributed by atoms with Crippen molar-refractivity contribution in [1.29, 1.82) is 0 Å². The number of ether oxygens (including phenoxy) is 1. The highest BCUT2D eigenvalue weighted by molar-refractivity contribution is 5.64. The molecule has 0 N–H and O–H groups in total. The summed E-state index contributed by atoms with van der Waals surface area (Å²) in [5.74, 6) is 0.0723. The fraction of sp³-hybridized carbons (Fsp3) is 0.462. The summed E-state index contributed by atoms with van der Waals surface area (Å²) in [5.41, 5.74) is 1.83. The van der Waals surface area contributed by atoms with Crippen LogP contribution in [0.15, 0.2) is 18.2 Å². The number of fused-ring (bicyclic) bond motifs is 1. The molecular formula is C13H13F3O2. The summed E-state index contributed by atoms with van der Waals surface area (Å²) in [4.78, 5) is 10.9. The molecule has 0 amide bonds. The molecule has 1 aliphatic rings. The molecule has 2 rings (SSSR count). The van der Waals surface area contributed by atoms with E-state index in [0.717, 1.165) is 36.7 Å². The maximum absolute atomic E-state index is 12.0. The highest BCUT2D eigenvalue weighted by Crippen LogP contribution is 2.32. The monoisotopic (exact) mass is 258 g/mol. The fourth-order valence-electron chi connectivity index (χ4n) is 2.22. The number of carbonyl (C=O) groups is 1. The van der Waals surface area contributed by atoms with E-state index >= 15 is 0 Å². The van der Waals surface area contributed by atoms with E-state index in [1.807, 2.05) is 0 Å². The average Bonchev–Trinajstić information content (AvgIpc) is 2.34. The molecule has 0 spiro atoms. The molecule has 0 bridgehead atoms. The predicted octanol–water partition coefficient (Wildman–Crippen LogP) is 3.25. The summed E-state index contributed by atoms with van der Waals surface area (Å²) in [6.07, 6.45) is -0.975. The third-order valence-electron chi connectivity index (χ3n) is 3.04. The van der Waals surface area contributed by atoms with Gasteiger partial charge in [-0.15, -0.1) is 0 Å². The Morgan fingerprint density at radius 3 is 2.83 bits per heavy atom. The van der Waals surface area contributed by atoms with Crippen LogP contribution >= 0.6 is 0 Å². The first-order valence-corrected chi connectivity index (χ1v) is 5.77. The van der Waals surface area contributed by atoms with Gasteiger partial charge in [0, 0.05) is 5.92 Å². The number of benzene rings is 1. The van der Waals surface area contributed by atoms with Gasteiger partial charge >= 0.3 is 6.18 Å². The number of rotatable bonds is 3. The Labute approximate surface area is 103 Å².